The molecule has 0 atom stereocenters. The van der Waals surface area contributed by atoms with E-state index in [9.17, 15) is 4.79 Å². The molecule has 0 amide bonds. The summed E-state index contributed by atoms with van der Waals surface area (Å²) in [6.45, 7) is 3.76. The minimum atomic E-state index is -0.513. The monoisotopic (exact) mass is 407 g/mol. The molecule has 2 heterocycles. The van der Waals surface area contributed by atoms with Gasteiger partial charge < -0.3 is 10.5 Å². The molecule has 0 bridgehead atoms. The number of nitrogens with zero attached hydrogens (tertiary/aromatic N) is 4. The Hall–Kier alpha value is -2.13. The first-order valence-electron chi connectivity index (χ1n) is 7.13. The third-order valence-electron chi connectivity index (χ3n) is 3.24. The van der Waals surface area contributed by atoms with Crippen LogP contribution in [0.1, 0.15) is 18.3 Å². The average molecular weight is 408 g/mol. The minimum Gasteiger partial charge on any atom is -0.462 e. The summed E-state index contributed by atoms with van der Waals surface area (Å²) in [7, 11) is 0. The Morgan fingerprint density at radius 2 is 2.04 bits per heavy atom. The Morgan fingerprint density at radius 3 is 2.71 bits per heavy atom. The highest BCUT2D eigenvalue weighted by Crippen LogP contribution is 2.38. The molecular formula is C15H14BrN5O2S. The summed E-state index contributed by atoms with van der Waals surface area (Å²) in [6.07, 6.45) is 0. The van der Waals surface area contributed by atoms with Crippen LogP contribution < -0.4 is 5.73 Å². The molecule has 2 aromatic rings. The second-order valence-corrected chi connectivity index (χ2v) is 6.75. The second-order valence-electron chi connectivity index (χ2n) is 4.86. The fraction of sp³-hybridized carbons (Fsp3) is 0.200. The number of fused-ring (bicyclic) bond motifs is 1. The van der Waals surface area contributed by atoms with E-state index in [2.05, 4.69) is 31.2 Å². The van der Waals surface area contributed by atoms with Crippen molar-refractivity contribution in [1.29, 1.82) is 0 Å². The maximum absolute atomic E-state index is 12.5. The molecule has 0 saturated heterocycles. The zero-order valence-corrected chi connectivity index (χ0v) is 15.4. The van der Waals surface area contributed by atoms with Gasteiger partial charge in [-0.3, -0.25) is 0 Å². The Balaban J connectivity index is 2.20. The predicted octanol–water partition coefficient (Wildman–Crippen LogP) is 2.55. The number of aromatic nitrogens is 3. The molecule has 0 radical (unpaired) electrons. The molecule has 9 heteroatoms. The number of benzene rings is 1. The van der Waals surface area contributed by atoms with Gasteiger partial charge in [0.1, 0.15) is 5.57 Å². The number of rotatable bonds is 3. The van der Waals surface area contributed by atoms with Crippen molar-refractivity contribution in [2.45, 2.75) is 19.0 Å². The van der Waals surface area contributed by atoms with Crippen molar-refractivity contribution in [3.63, 3.8) is 0 Å². The number of nitrogens with two attached hydrogens (primary N) is 1. The van der Waals surface area contributed by atoms with Gasteiger partial charge >= 0.3 is 5.97 Å². The van der Waals surface area contributed by atoms with Crippen molar-refractivity contribution in [2.75, 3.05) is 6.61 Å². The van der Waals surface area contributed by atoms with E-state index >= 15 is 0 Å². The topological polar surface area (TPSA) is 95.4 Å². The van der Waals surface area contributed by atoms with Crippen LogP contribution in [0.15, 0.2) is 44.6 Å². The maximum atomic E-state index is 12.5. The van der Waals surface area contributed by atoms with Crippen molar-refractivity contribution < 1.29 is 9.53 Å². The minimum absolute atomic E-state index is 0.0699. The lowest BCUT2D eigenvalue weighted by Gasteiger charge is -2.11. The molecule has 0 aliphatic carbocycles. The zero-order chi connectivity index (χ0) is 17.3. The number of halogens is 1. The highest BCUT2D eigenvalue weighted by molar-refractivity contribution is 9.10. The number of hydrogen-bond acceptors (Lipinski definition) is 7. The second kappa shape index (κ2) is 6.78. The molecule has 0 unspecified atom stereocenters. The third-order valence-corrected chi connectivity index (χ3v) is 4.85. The lowest BCUT2D eigenvalue weighted by atomic mass is 10.1. The molecule has 3 rings (SSSR count). The Kier molecular flexibility index (Phi) is 4.72. The fourth-order valence-corrected chi connectivity index (χ4v) is 3.47. The highest BCUT2D eigenvalue weighted by atomic mass is 79.9. The van der Waals surface area contributed by atoms with Gasteiger partial charge in [-0.05, 0) is 43.3 Å². The zero-order valence-electron chi connectivity index (χ0n) is 13.0. The molecule has 1 aliphatic heterocycles. The lowest BCUT2D eigenvalue weighted by Crippen LogP contribution is -2.24. The number of amidine groups is 1. The molecule has 0 fully saturated rings. The number of ether oxygens (including phenoxy) is 1. The largest absolute Gasteiger partial charge is 0.462 e. The highest BCUT2D eigenvalue weighted by Gasteiger charge is 2.28. The van der Waals surface area contributed by atoms with Gasteiger partial charge in [-0.15, -0.1) is 15.3 Å². The molecule has 124 valence electrons. The van der Waals surface area contributed by atoms with Crippen molar-refractivity contribution in [2.24, 2.45) is 10.8 Å². The van der Waals surface area contributed by atoms with Gasteiger partial charge in [0.2, 0.25) is 5.16 Å². The predicted molar refractivity (Wildman–Crippen MR) is 95.3 cm³/mol. The fourth-order valence-electron chi connectivity index (χ4n) is 2.14. The van der Waals surface area contributed by atoms with Crippen LogP contribution in [0.3, 0.4) is 0 Å². The standard InChI is InChI=1S/C15H14BrN5O2S/c1-3-23-14(22)11-12(9-4-6-10(16)7-5-9)24-15-19-18-8(2)21(15)20-13(11)17/h4-7H,3H2,1-2H3,(H2,17,20). The van der Waals surface area contributed by atoms with Crippen LogP contribution in [0, 0.1) is 6.92 Å². The van der Waals surface area contributed by atoms with Gasteiger partial charge in [-0.25, -0.2) is 4.79 Å². The third kappa shape index (κ3) is 3.09. The van der Waals surface area contributed by atoms with Gasteiger partial charge in [0.05, 0.1) is 6.61 Å². The van der Waals surface area contributed by atoms with Crippen LogP contribution in [-0.4, -0.2) is 33.3 Å². The smallest absolute Gasteiger partial charge is 0.343 e. The van der Waals surface area contributed by atoms with E-state index in [1.807, 2.05) is 24.3 Å². The van der Waals surface area contributed by atoms with Gasteiger partial charge in [-0.1, -0.05) is 28.1 Å². The maximum Gasteiger partial charge on any atom is 0.343 e. The first kappa shape index (κ1) is 16.7. The number of hydrogen-bond donors (Lipinski definition) is 1. The van der Waals surface area contributed by atoms with Gasteiger partial charge in [0.15, 0.2) is 11.7 Å². The summed E-state index contributed by atoms with van der Waals surface area (Å²) in [6, 6.07) is 7.55. The molecule has 0 saturated carbocycles. The molecule has 1 aromatic heterocycles. The first-order chi connectivity index (χ1) is 11.5. The summed E-state index contributed by atoms with van der Waals surface area (Å²) < 4.78 is 7.62. The SMILES string of the molecule is CCOC(=O)C1=C(c2ccc(Br)cc2)Sc2nnc(C)n2N=C1N. The van der Waals surface area contributed by atoms with Crippen molar-refractivity contribution in [3.8, 4) is 0 Å². The lowest BCUT2D eigenvalue weighted by molar-refractivity contribution is -0.137. The molecule has 1 aromatic carbocycles. The van der Waals surface area contributed by atoms with Gasteiger partial charge in [0.25, 0.3) is 0 Å². The molecule has 0 spiro atoms. The van der Waals surface area contributed by atoms with Gasteiger partial charge in [0, 0.05) is 9.38 Å². The van der Waals surface area contributed by atoms with Crippen LogP contribution in [-0.2, 0) is 9.53 Å². The van der Waals surface area contributed by atoms with E-state index in [0.29, 0.717) is 15.9 Å². The number of carbonyl (C=O) groups excluding carboxylic acids is 1. The molecule has 24 heavy (non-hydrogen) atoms. The summed E-state index contributed by atoms with van der Waals surface area (Å²) in [5.41, 5.74) is 7.15. The van der Waals surface area contributed by atoms with Crippen molar-refractivity contribution in [1.82, 2.24) is 14.9 Å². The molecular weight excluding hydrogens is 394 g/mol. The van der Waals surface area contributed by atoms with E-state index < -0.39 is 5.97 Å². The van der Waals surface area contributed by atoms with Crippen molar-refractivity contribution >= 4 is 44.4 Å². The van der Waals surface area contributed by atoms with Crippen LogP contribution in [0.25, 0.3) is 4.91 Å². The molecule has 7 nitrogen and oxygen atoms in total. The molecule has 2 N–H and O–H groups in total. The Morgan fingerprint density at radius 1 is 1.33 bits per heavy atom. The summed E-state index contributed by atoms with van der Waals surface area (Å²) in [5, 5.41) is 12.9. The number of aryl methyl sites for hydroxylation is 1. The van der Waals surface area contributed by atoms with Crippen LogP contribution in [0.2, 0.25) is 0 Å². The average Bonchev–Trinajstić information content (AvgIpc) is 2.80. The summed E-state index contributed by atoms with van der Waals surface area (Å²) in [4.78, 5) is 13.1. The van der Waals surface area contributed by atoms with Gasteiger partial charge in [-0.2, -0.15) is 4.68 Å². The Labute approximate surface area is 151 Å². The van der Waals surface area contributed by atoms with Crippen molar-refractivity contribution in [3.05, 3.63) is 45.7 Å². The van der Waals surface area contributed by atoms with Crippen LogP contribution in [0.4, 0.5) is 0 Å². The number of carbonyl (C=O) groups is 1. The normalized spacial score (nSPS) is 14.0. The van der Waals surface area contributed by atoms with E-state index in [1.165, 1.54) is 16.4 Å². The number of esters is 1. The molecule has 1 aliphatic rings. The van der Waals surface area contributed by atoms with Crippen LogP contribution in [0.5, 0.6) is 0 Å². The van der Waals surface area contributed by atoms with Crippen LogP contribution >= 0.6 is 27.7 Å². The Bertz CT molecular complexity index is 857. The quantitative estimate of drug-likeness (QED) is 0.785. The van der Waals surface area contributed by atoms with E-state index in [-0.39, 0.29) is 18.0 Å². The van der Waals surface area contributed by atoms with E-state index in [4.69, 9.17) is 10.5 Å². The summed E-state index contributed by atoms with van der Waals surface area (Å²) in [5.74, 6) is 0.141. The van der Waals surface area contributed by atoms with E-state index in [1.54, 1.807) is 13.8 Å². The summed E-state index contributed by atoms with van der Waals surface area (Å²) >= 11 is 4.69. The van der Waals surface area contributed by atoms with E-state index in [0.717, 1.165) is 10.0 Å². The first-order valence-corrected chi connectivity index (χ1v) is 8.74. The number of thioether (sulfide) groups is 1.